The molecule has 52 heavy (non-hydrogen) atoms. The Morgan fingerprint density at radius 1 is 0.615 bits per heavy atom. The van der Waals surface area contributed by atoms with Gasteiger partial charge in [0.2, 0.25) is 0 Å². The molecule has 0 atom stereocenters. The summed E-state index contributed by atoms with van der Waals surface area (Å²) in [7, 11) is 0. The van der Waals surface area contributed by atoms with Crippen LogP contribution in [0.3, 0.4) is 0 Å². The highest BCUT2D eigenvalue weighted by molar-refractivity contribution is 6.10. The largest absolute Gasteiger partial charge is 0.477 e. The van der Waals surface area contributed by atoms with Crippen molar-refractivity contribution in [3.05, 3.63) is 174 Å². The number of fused-ring (bicyclic) bond motifs is 6. The van der Waals surface area contributed by atoms with Gasteiger partial charge in [-0.2, -0.15) is 5.26 Å². The highest BCUT2D eigenvalue weighted by atomic mass is 16.4. The van der Waals surface area contributed by atoms with Crippen molar-refractivity contribution in [1.29, 1.82) is 5.26 Å². The van der Waals surface area contributed by atoms with Gasteiger partial charge >= 0.3 is 5.97 Å². The van der Waals surface area contributed by atoms with Crippen LogP contribution < -0.4 is 0 Å². The van der Waals surface area contributed by atoms with Crippen LogP contribution in [-0.2, 0) is 4.79 Å². The van der Waals surface area contributed by atoms with Gasteiger partial charge in [0.25, 0.3) is 0 Å². The first kappa shape index (κ1) is 31.1. The second-order valence-corrected chi connectivity index (χ2v) is 13.4. The number of nitrogens with zero attached hydrogens (tertiary/aromatic N) is 3. The topological polar surface area (TPSA) is 71.0 Å². The van der Waals surface area contributed by atoms with E-state index in [9.17, 15) is 15.2 Å². The molecule has 1 aliphatic carbocycles. The summed E-state index contributed by atoms with van der Waals surface area (Å²) in [4.78, 5) is 11.4. The molecule has 8 aromatic rings. The van der Waals surface area contributed by atoms with Crippen molar-refractivity contribution in [3.8, 4) is 28.6 Å². The van der Waals surface area contributed by atoms with Crippen LogP contribution in [-0.4, -0.2) is 20.2 Å². The van der Waals surface area contributed by atoms with E-state index in [-0.39, 0.29) is 5.57 Å². The molecule has 2 aromatic heterocycles. The number of aromatic nitrogens is 2. The molecule has 0 bridgehead atoms. The van der Waals surface area contributed by atoms with Gasteiger partial charge < -0.3 is 14.2 Å². The molecule has 5 heteroatoms. The van der Waals surface area contributed by atoms with Gasteiger partial charge in [0, 0.05) is 32.9 Å². The van der Waals surface area contributed by atoms with E-state index in [0.29, 0.717) is 0 Å². The third-order valence-electron chi connectivity index (χ3n) is 10.2. The Kier molecular flexibility index (Phi) is 7.64. The van der Waals surface area contributed by atoms with Crippen LogP contribution in [0.15, 0.2) is 168 Å². The molecule has 0 radical (unpaired) electrons. The molecular formula is C47H33N3O2. The highest BCUT2D eigenvalue weighted by Crippen LogP contribution is 2.36. The second-order valence-electron chi connectivity index (χ2n) is 13.4. The Labute approximate surface area is 300 Å². The van der Waals surface area contributed by atoms with Crippen molar-refractivity contribution in [2.75, 3.05) is 0 Å². The molecule has 2 heterocycles. The molecule has 0 saturated heterocycles. The molecule has 6 aromatic carbocycles. The minimum atomic E-state index is -1.19. The molecule has 1 N–H and O–H groups in total. The van der Waals surface area contributed by atoms with Crippen LogP contribution in [0.5, 0.6) is 0 Å². The number of carboxylic acids is 1. The van der Waals surface area contributed by atoms with Gasteiger partial charge in [-0.15, -0.1) is 0 Å². The van der Waals surface area contributed by atoms with Gasteiger partial charge in [-0.1, -0.05) is 97.1 Å². The van der Waals surface area contributed by atoms with Crippen LogP contribution in [0.25, 0.3) is 72.2 Å². The Morgan fingerprint density at radius 3 is 1.63 bits per heavy atom. The lowest BCUT2D eigenvalue weighted by atomic mass is 9.92. The summed E-state index contributed by atoms with van der Waals surface area (Å²) in [5, 5.41) is 23.4. The molecule has 0 fully saturated rings. The summed E-state index contributed by atoms with van der Waals surface area (Å²) >= 11 is 0. The van der Waals surface area contributed by atoms with E-state index < -0.39 is 5.97 Å². The van der Waals surface area contributed by atoms with Crippen molar-refractivity contribution < 1.29 is 9.90 Å². The van der Waals surface area contributed by atoms with E-state index in [2.05, 4.69) is 155 Å². The van der Waals surface area contributed by atoms with E-state index in [0.717, 1.165) is 69.5 Å². The third-order valence-corrected chi connectivity index (χ3v) is 10.2. The number of benzene rings is 6. The normalized spacial score (nSPS) is 14.3. The fourth-order valence-electron chi connectivity index (χ4n) is 7.81. The number of aliphatic carboxylic acids is 1. The van der Waals surface area contributed by atoms with Crippen molar-refractivity contribution >= 4 is 55.7 Å². The van der Waals surface area contributed by atoms with Crippen LogP contribution in [0.1, 0.15) is 24.8 Å². The Morgan fingerprint density at radius 2 is 1.12 bits per heavy atom. The molecule has 0 spiro atoms. The Hall–Kier alpha value is -6.90. The minimum absolute atomic E-state index is 0.233. The number of carboxylic acid groups (broad SMARTS) is 1. The summed E-state index contributed by atoms with van der Waals surface area (Å²) in [6, 6.07) is 51.7. The maximum Gasteiger partial charge on any atom is 0.346 e. The first-order chi connectivity index (χ1) is 25.6. The zero-order valence-corrected chi connectivity index (χ0v) is 28.3. The summed E-state index contributed by atoms with van der Waals surface area (Å²) in [6.45, 7) is 0. The minimum Gasteiger partial charge on any atom is -0.477 e. The quantitative estimate of drug-likeness (QED) is 0.141. The third kappa shape index (κ3) is 5.39. The highest BCUT2D eigenvalue weighted by Gasteiger charge is 2.15. The lowest BCUT2D eigenvalue weighted by molar-refractivity contribution is -0.132. The lowest BCUT2D eigenvalue weighted by Crippen LogP contribution is -2.00. The fraction of sp³-hybridized carbons (Fsp3) is 0.0638. The summed E-state index contributed by atoms with van der Waals surface area (Å²) in [6.07, 6.45) is 8.27. The molecule has 5 nitrogen and oxygen atoms in total. The molecular weight excluding hydrogens is 639 g/mol. The van der Waals surface area contributed by atoms with Crippen molar-refractivity contribution in [3.63, 3.8) is 0 Å². The van der Waals surface area contributed by atoms with Crippen molar-refractivity contribution in [1.82, 2.24) is 9.13 Å². The van der Waals surface area contributed by atoms with E-state index in [4.69, 9.17) is 0 Å². The van der Waals surface area contributed by atoms with Crippen LogP contribution >= 0.6 is 0 Å². The molecule has 248 valence electrons. The van der Waals surface area contributed by atoms with Crippen LogP contribution in [0.2, 0.25) is 0 Å². The van der Waals surface area contributed by atoms with Crippen molar-refractivity contribution in [2.24, 2.45) is 0 Å². The van der Waals surface area contributed by atoms with E-state index in [1.807, 2.05) is 6.08 Å². The van der Waals surface area contributed by atoms with E-state index >= 15 is 0 Å². The van der Waals surface area contributed by atoms with Crippen LogP contribution in [0, 0.1) is 11.3 Å². The zero-order chi connectivity index (χ0) is 35.2. The van der Waals surface area contributed by atoms with Crippen LogP contribution in [0.4, 0.5) is 0 Å². The maximum atomic E-state index is 11.4. The second kappa shape index (κ2) is 12.8. The lowest BCUT2D eigenvalue weighted by Gasteiger charge is -2.13. The van der Waals surface area contributed by atoms with Gasteiger partial charge in [0.1, 0.15) is 11.6 Å². The van der Waals surface area contributed by atoms with Crippen molar-refractivity contribution in [2.45, 2.75) is 19.3 Å². The first-order valence-corrected chi connectivity index (χ1v) is 17.5. The average Bonchev–Trinajstić information content (AvgIpc) is 3.70. The zero-order valence-electron chi connectivity index (χ0n) is 28.3. The average molecular weight is 672 g/mol. The van der Waals surface area contributed by atoms with Gasteiger partial charge in [-0.05, 0) is 108 Å². The number of nitriles is 1. The summed E-state index contributed by atoms with van der Waals surface area (Å²) in [5.74, 6) is -1.19. The number of allylic oxidation sites excluding steroid dienone is 4. The van der Waals surface area contributed by atoms with E-state index in [1.165, 1.54) is 38.7 Å². The number of rotatable bonds is 6. The van der Waals surface area contributed by atoms with Gasteiger partial charge in [0.15, 0.2) is 0 Å². The SMILES string of the molecule is N#CC(=CC1=CC(=Cc2ccc3c(c2)c2ccccc2n3-c2ccc(-c3ccc(-n4c5ccccc5c5ccccc54)cc3)cc2)CCC1)C(=O)O. The Bertz CT molecular complexity index is 2780. The number of hydrogen-bond donors (Lipinski definition) is 1. The van der Waals surface area contributed by atoms with E-state index in [1.54, 1.807) is 6.07 Å². The number of para-hydroxylation sites is 3. The predicted octanol–water partition coefficient (Wildman–Crippen LogP) is 11.6. The summed E-state index contributed by atoms with van der Waals surface area (Å²) in [5.41, 5.74) is 12.1. The molecule has 9 rings (SSSR count). The Balaban J connectivity index is 1.04. The molecule has 0 unspecified atom stereocenters. The molecule has 1 aliphatic rings. The van der Waals surface area contributed by atoms with Gasteiger partial charge in [-0.3, -0.25) is 0 Å². The number of carbonyl (C=O) groups is 1. The molecule has 0 aliphatic heterocycles. The standard InChI is InChI=1S/C47H33N3O2/c48-30-36(47(51)52)28-32-9-7-8-31(26-32)27-33-16-25-46-42(29-33)41-12-3-6-15-45(41)50(46)38-23-19-35(20-24-38)34-17-21-37(22-18-34)49-43-13-4-1-10-39(43)40-11-2-5-14-44(40)49/h1-6,10-29H,7-9H2,(H,51,52). The smallest absolute Gasteiger partial charge is 0.346 e. The predicted molar refractivity (Wildman–Crippen MR) is 212 cm³/mol. The van der Waals surface area contributed by atoms with Gasteiger partial charge in [-0.25, -0.2) is 4.79 Å². The van der Waals surface area contributed by atoms with Gasteiger partial charge in [0.05, 0.1) is 22.1 Å². The fourth-order valence-corrected chi connectivity index (χ4v) is 7.81. The summed E-state index contributed by atoms with van der Waals surface area (Å²) < 4.78 is 4.67. The monoisotopic (exact) mass is 671 g/mol. The molecule has 0 saturated carbocycles. The number of hydrogen-bond acceptors (Lipinski definition) is 2. The maximum absolute atomic E-state index is 11.4. The first-order valence-electron chi connectivity index (χ1n) is 17.5. The molecule has 0 amide bonds.